The molecule has 0 spiro atoms. The van der Waals surface area contributed by atoms with E-state index in [2.05, 4.69) is 20.6 Å². The van der Waals surface area contributed by atoms with Crippen molar-refractivity contribution in [1.82, 2.24) is 38.7 Å². The van der Waals surface area contributed by atoms with E-state index in [0.29, 0.717) is 47.8 Å². The van der Waals surface area contributed by atoms with Crippen molar-refractivity contribution in [3.05, 3.63) is 108 Å². The minimum absolute atomic E-state index is 0.0205. The van der Waals surface area contributed by atoms with Crippen molar-refractivity contribution in [2.75, 3.05) is 24.6 Å². The van der Waals surface area contributed by atoms with E-state index >= 15 is 0 Å². The Hall–Kier alpha value is -6.38. The second kappa shape index (κ2) is 26.0. The van der Waals surface area contributed by atoms with Gasteiger partial charge in [0.05, 0.1) is 81.4 Å². The van der Waals surface area contributed by atoms with Crippen LogP contribution in [0.2, 0.25) is 0 Å². The summed E-state index contributed by atoms with van der Waals surface area (Å²) in [4.78, 5) is 45.8. The Morgan fingerprint density at radius 3 is 1.41 bits per heavy atom. The summed E-state index contributed by atoms with van der Waals surface area (Å²) in [7, 11) is -5.00. The fraction of sp³-hybridized carbons (Fsp3) is 0.500. The third-order valence-corrected chi connectivity index (χ3v) is 16.9. The molecule has 8 rings (SSSR count). The van der Waals surface area contributed by atoms with Crippen LogP contribution in [0.3, 0.4) is 0 Å². The molecule has 0 radical (unpaired) electrons. The van der Waals surface area contributed by atoms with Crippen LogP contribution in [0.1, 0.15) is 104 Å². The van der Waals surface area contributed by atoms with Gasteiger partial charge in [-0.25, -0.2) is 36.4 Å². The molecule has 2 aliphatic carbocycles. The third-order valence-electron chi connectivity index (χ3n) is 13.6. The van der Waals surface area contributed by atoms with Crippen LogP contribution < -0.4 is 22.1 Å². The molecule has 4 aromatic carbocycles. The molecule has 0 bridgehead atoms. The predicted molar refractivity (Wildman–Crippen MR) is 303 cm³/mol. The van der Waals surface area contributed by atoms with E-state index in [4.69, 9.17) is 30.6 Å². The summed E-state index contributed by atoms with van der Waals surface area (Å²) >= 11 is 0. The number of fused-ring (bicyclic) bond motifs is 2. The largest absolute Gasteiger partial charge is 0.444 e. The van der Waals surface area contributed by atoms with Gasteiger partial charge in [-0.2, -0.15) is 0 Å². The molecule has 436 valence electrons. The highest BCUT2D eigenvalue weighted by Crippen LogP contribution is 2.30. The number of alkyl carbamates (subject to hydrolysis) is 2. The van der Waals surface area contributed by atoms with Crippen molar-refractivity contribution in [1.29, 1.82) is 0 Å². The Bertz CT molecular complexity index is 3260. The number of aryl methyl sites for hydroxylation is 2. The number of hydrogen-bond donors (Lipinski definition) is 6. The molecule has 4 atom stereocenters. The number of ether oxygens (including phenoxy) is 2. The van der Waals surface area contributed by atoms with Crippen LogP contribution in [0.5, 0.6) is 0 Å². The van der Waals surface area contributed by atoms with E-state index in [-0.39, 0.29) is 46.7 Å². The molecular formula is C56H78N10O12S2. The zero-order valence-electron chi connectivity index (χ0n) is 46.8. The highest BCUT2D eigenvalue weighted by molar-refractivity contribution is 7.89. The number of nitrogens with one attached hydrogen (secondary N) is 2. The van der Waals surface area contributed by atoms with Crippen molar-refractivity contribution in [2.45, 2.75) is 163 Å². The highest BCUT2D eigenvalue weighted by atomic mass is 32.2. The number of rotatable bonds is 20. The number of benzene rings is 4. The number of aliphatic hydroxyl groups excluding tert-OH is 2. The summed E-state index contributed by atoms with van der Waals surface area (Å²) in [6.45, 7) is 9.64. The van der Waals surface area contributed by atoms with Crippen LogP contribution in [-0.2, 0) is 66.1 Å². The van der Waals surface area contributed by atoms with Gasteiger partial charge < -0.3 is 50.9 Å². The second-order valence-electron chi connectivity index (χ2n) is 22.4. The molecule has 22 nitrogen and oxygen atoms in total. The lowest BCUT2D eigenvalue weighted by Gasteiger charge is -2.31. The standard InChI is InChI=1S/2C28H39N5O6S/c1-28(2,3)38-27(35)31-23(16-19-10-6-5-7-11-19)25(34)18-33(39-20-12-8-9-13-20)40(36,37)21-14-15-24-22(17-21)30-26(29)32(24)4;1-28(2,3)38-27(35)31-23(16-19-10-6-5-7-11-19)25(34)18-33(39-20-12-8-9-13-20)40(36,37)21-14-15-22-24(17-21)32(4)26(29)30-22/h2*5-7,10-11,14-15,17,20,23,25,34H,8-9,12-13,16,18H2,1-4H3,(H2,29,30)(H,31,35)/t2*23-,25+/m00/s1. The molecule has 0 saturated heterocycles. The van der Waals surface area contributed by atoms with Crippen molar-refractivity contribution in [3.63, 3.8) is 0 Å². The summed E-state index contributed by atoms with van der Waals surface area (Å²) in [5, 5.41) is 28.3. The minimum Gasteiger partial charge on any atom is -0.444 e. The number of nitrogens with two attached hydrogens (primary N) is 2. The Morgan fingerprint density at radius 2 is 0.988 bits per heavy atom. The summed E-state index contributed by atoms with van der Waals surface area (Å²) in [5.41, 5.74) is 14.3. The average molecular weight is 1150 g/mol. The normalized spacial score (nSPS) is 16.4. The zero-order chi connectivity index (χ0) is 58.2. The molecule has 24 heteroatoms. The summed E-state index contributed by atoms with van der Waals surface area (Å²) in [5.74, 6) is 0.520. The molecule has 2 amide bonds. The highest BCUT2D eigenvalue weighted by Gasteiger charge is 2.37. The molecular weight excluding hydrogens is 1070 g/mol. The predicted octanol–water partition coefficient (Wildman–Crippen LogP) is 7.03. The number of aliphatic hydroxyl groups is 2. The molecule has 2 heterocycles. The summed E-state index contributed by atoms with van der Waals surface area (Å²) < 4.78 is 71.5. The quantitative estimate of drug-likeness (QED) is 0.0418. The second-order valence-corrected chi connectivity index (χ2v) is 26.0. The Morgan fingerprint density at radius 1 is 0.600 bits per heavy atom. The number of anilines is 2. The molecule has 0 aliphatic heterocycles. The van der Waals surface area contributed by atoms with Gasteiger partial charge in [0.2, 0.25) is 11.9 Å². The molecule has 8 N–H and O–H groups in total. The maximum atomic E-state index is 13.9. The van der Waals surface area contributed by atoms with Gasteiger partial charge in [-0.05, 0) is 128 Å². The fourth-order valence-electron chi connectivity index (χ4n) is 9.44. The van der Waals surface area contributed by atoms with Gasteiger partial charge in [0.25, 0.3) is 20.0 Å². The number of imidazole rings is 2. The molecule has 2 aromatic heterocycles. The van der Waals surface area contributed by atoms with Crippen LogP contribution in [0.25, 0.3) is 22.1 Å². The SMILES string of the molecule is Cn1c(N)nc2cc(S(=O)(=O)N(C[C@@H](O)[C@H](Cc3ccccc3)NC(=O)OC(C)(C)C)OC3CCCC3)ccc21.Cn1c(N)nc2ccc(S(=O)(=O)N(C[C@@H](O)[C@H](Cc3ccccc3)NC(=O)OC(C)(C)C)OC3CCCC3)cc21. The average Bonchev–Trinajstić information content (AvgIpc) is 4.23. The molecule has 2 aliphatic rings. The number of sulfonamides is 2. The van der Waals surface area contributed by atoms with E-state index in [9.17, 15) is 36.6 Å². The zero-order valence-corrected chi connectivity index (χ0v) is 48.5. The number of carbonyl (C=O) groups is 2. The molecule has 80 heavy (non-hydrogen) atoms. The minimum atomic E-state index is -4.23. The van der Waals surface area contributed by atoms with Crippen LogP contribution in [0.4, 0.5) is 21.5 Å². The Kier molecular flexibility index (Phi) is 19.9. The lowest BCUT2D eigenvalue weighted by molar-refractivity contribution is -0.145. The number of hydroxylamine groups is 2. The smallest absolute Gasteiger partial charge is 0.407 e. The lowest BCUT2D eigenvalue weighted by Crippen LogP contribution is -2.51. The molecule has 2 fully saturated rings. The van der Waals surface area contributed by atoms with Crippen LogP contribution in [-0.4, -0.2) is 128 Å². The van der Waals surface area contributed by atoms with Gasteiger partial charge in [-0.1, -0.05) is 95.3 Å². The van der Waals surface area contributed by atoms with E-state index in [1.165, 1.54) is 24.3 Å². The third kappa shape index (κ3) is 16.4. The molecule has 2 saturated carbocycles. The number of amides is 2. The maximum Gasteiger partial charge on any atom is 0.407 e. The molecule has 0 unspecified atom stereocenters. The first-order valence-electron chi connectivity index (χ1n) is 26.9. The number of carbonyl (C=O) groups excluding carboxylic acids is 2. The summed E-state index contributed by atoms with van der Waals surface area (Å²) in [6, 6.07) is 26.0. The van der Waals surface area contributed by atoms with Gasteiger partial charge in [0.1, 0.15) is 11.2 Å². The van der Waals surface area contributed by atoms with Crippen molar-refractivity contribution < 1.29 is 55.8 Å². The van der Waals surface area contributed by atoms with E-state index < -0.39 is 80.8 Å². The van der Waals surface area contributed by atoms with Crippen LogP contribution in [0, 0.1) is 0 Å². The van der Waals surface area contributed by atoms with Gasteiger partial charge in [-0.15, -0.1) is 0 Å². The summed E-state index contributed by atoms with van der Waals surface area (Å²) in [6.07, 6.45) is 2.38. The van der Waals surface area contributed by atoms with Gasteiger partial charge >= 0.3 is 12.2 Å². The molecule has 6 aromatic rings. The number of nitrogens with zero attached hydrogens (tertiary/aromatic N) is 6. The number of nitrogen functional groups attached to an aromatic ring is 2. The van der Waals surface area contributed by atoms with Gasteiger partial charge in [0.15, 0.2) is 0 Å². The van der Waals surface area contributed by atoms with Gasteiger partial charge in [-0.3, -0.25) is 9.68 Å². The van der Waals surface area contributed by atoms with Crippen LogP contribution >= 0.6 is 0 Å². The monoisotopic (exact) mass is 1150 g/mol. The van der Waals surface area contributed by atoms with E-state index in [1.807, 2.05) is 60.7 Å². The maximum absolute atomic E-state index is 13.9. The van der Waals surface area contributed by atoms with Crippen molar-refractivity contribution >= 4 is 66.2 Å². The first-order chi connectivity index (χ1) is 37.7. The number of aromatic nitrogens is 4. The fourth-order valence-corrected chi connectivity index (χ4v) is 12.1. The van der Waals surface area contributed by atoms with E-state index in [1.54, 1.807) is 76.9 Å². The Balaban J connectivity index is 0.000000231. The lowest BCUT2D eigenvalue weighted by atomic mass is 10.0. The van der Waals surface area contributed by atoms with Gasteiger partial charge in [0, 0.05) is 14.1 Å². The van der Waals surface area contributed by atoms with E-state index in [0.717, 1.165) is 45.7 Å². The van der Waals surface area contributed by atoms with Crippen molar-refractivity contribution in [3.8, 4) is 0 Å². The van der Waals surface area contributed by atoms with Crippen molar-refractivity contribution in [2.24, 2.45) is 14.1 Å². The van der Waals surface area contributed by atoms with Crippen LogP contribution in [0.15, 0.2) is 107 Å². The first-order valence-corrected chi connectivity index (χ1v) is 29.8. The Labute approximate surface area is 468 Å². The first kappa shape index (κ1) is 61.2. The number of hydrogen-bond acceptors (Lipinski definition) is 16. The topological polar surface area (TPSA) is 298 Å².